The van der Waals surface area contributed by atoms with Gasteiger partial charge in [0.25, 0.3) is 5.56 Å². The molecule has 5 rings (SSSR count). The molecule has 3 heterocycles. The highest BCUT2D eigenvalue weighted by Gasteiger charge is 2.25. The van der Waals surface area contributed by atoms with Gasteiger partial charge in [0.2, 0.25) is 11.9 Å². The smallest absolute Gasteiger partial charge is 0.260 e. The van der Waals surface area contributed by atoms with Crippen LogP contribution in [-0.4, -0.2) is 83.0 Å². The third-order valence-electron chi connectivity index (χ3n) is 8.36. The number of anilines is 2. The zero-order valence-electron chi connectivity index (χ0n) is 27.0. The van der Waals surface area contributed by atoms with Crippen LogP contribution in [0.15, 0.2) is 66.6 Å². The van der Waals surface area contributed by atoms with Gasteiger partial charge in [0, 0.05) is 74.6 Å². The number of benzene rings is 2. The Bertz CT molecular complexity index is 1940. The average Bonchev–Trinajstić information content (AvgIpc) is 3.09. The van der Waals surface area contributed by atoms with Crippen molar-refractivity contribution in [1.29, 1.82) is 0 Å². The highest BCUT2D eigenvalue weighted by molar-refractivity contribution is 6.41. The third-order valence-corrected chi connectivity index (χ3v) is 9.11. The molecule has 0 aliphatic carbocycles. The number of halogens is 2. The molecular formula is C35H36Cl2N6O5. The van der Waals surface area contributed by atoms with Crippen LogP contribution >= 0.6 is 23.2 Å². The minimum atomic E-state index is -0.375. The highest BCUT2D eigenvalue weighted by atomic mass is 35.5. The number of carbonyl (C=O) groups excluding carboxylic acids is 2. The summed E-state index contributed by atoms with van der Waals surface area (Å²) in [5, 5.41) is 4.17. The molecule has 1 amide bonds. The number of amides is 1. The molecule has 1 fully saturated rings. The molecule has 1 N–H and O–H groups in total. The second-order valence-electron chi connectivity index (χ2n) is 11.2. The second kappa shape index (κ2) is 15.0. The van der Waals surface area contributed by atoms with Crippen LogP contribution in [0.2, 0.25) is 10.0 Å². The fourth-order valence-electron chi connectivity index (χ4n) is 5.72. The first-order chi connectivity index (χ1) is 23.1. The fraction of sp³-hybridized carbons (Fsp3) is 0.286. The van der Waals surface area contributed by atoms with E-state index in [0.717, 1.165) is 11.1 Å². The Balaban J connectivity index is 1.61. The Hall–Kier alpha value is -4.71. The molecule has 0 spiro atoms. The lowest BCUT2D eigenvalue weighted by molar-refractivity contribution is -0.127. The predicted molar refractivity (Wildman–Crippen MR) is 189 cm³/mol. The van der Waals surface area contributed by atoms with Crippen LogP contribution in [0.25, 0.3) is 22.2 Å². The molecule has 1 aliphatic rings. The van der Waals surface area contributed by atoms with Crippen LogP contribution in [0.3, 0.4) is 0 Å². The van der Waals surface area contributed by atoms with Crippen molar-refractivity contribution in [2.75, 3.05) is 52.3 Å². The number of pyridine rings is 1. The summed E-state index contributed by atoms with van der Waals surface area (Å²) < 4.78 is 12.5. The topological polar surface area (TPSA) is 119 Å². The van der Waals surface area contributed by atoms with Crippen molar-refractivity contribution in [3.63, 3.8) is 0 Å². The van der Waals surface area contributed by atoms with E-state index in [0.29, 0.717) is 60.9 Å². The van der Waals surface area contributed by atoms with Gasteiger partial charge in [-0.2, -0.15) is 4.98 Å². The van der Waals surface area contributed by atoms with Gasteiger partial charge in [-0.1, -0.05) is 54.6 Å². The van der Waals surface area contributed by atoms with E-state index in [2.05, 4.69) is 28.4 Å². The molecule has 2 aromatic heterocycles. The monoisotopic (exact) mass is 690 g/mol. The Morgan fingerprint density at radius 1 is 1.00 bits per heavy atom. The number of para-hydroxylation sites is 1. The molecule has 1 aliphatic heterocycles. The summed E-state index contributed by atoms with van der Waals surface area (Å²) in [6.45, 7) is 12.3. The fourth-order valence-corrected chi connectivity index (χ4v) is 6.42. The minimum absolute atomic E-state index is 0.102. The normalized spacial score (nSPS) is 13.3. The number of aromatic nitrogens is 3. The van der Waals surface area contributed by atoms with Crippen molar-refractivity contribution in [3.8, 4) is 22.6 Å². The molecule has 4 aromatic rings. The molecule has 2 aromatic carbocycles. The molecule has 0 bridgehead atoms. The summed E-state index contributed by atoms with van der Waals surface area (Å²) in [5.74, 6) is 0.622. The summed E-state index contributed by atoms with van der Waals surface area (Å²) >= 11 is 13.5. The van der Waals surface area contributed by atoms with Crippen LogP contribution in [0.5, 0.6) is 11.5 Å². The van der Waals surface area contributed by atoms with Crippen molar-refractivity contribution < 1.29 is 19.1 Å². The van der Waals surface area contributed by atoms with E-state index in [-0.39, 0.29) is 57.3 Å². The van der Waals surface area contributed by atoms with Crippen LogP contribution in [0.1, 0.15) is 11.1 Å². The largest absolute Gasteiger partial charge is 0.495 e. The molecular weight excluding hydrogens is 655 g/mol. The first-order valence-corrected chi connectivity index (χ1v) is 16.0. The molecule has 0 unspecified atom stereocenters. The molecule has 0 saturated carbocycles. The number of aryl methyl sites for hydroxylation is 1. The first kappa shape index (κ1) is 34.6. The standard InChI is InChI=1S/C35H36Cl2N6O5/c1-6-24(44)17-22-10-8-9-21(3)32(22)39-35-38-20-23-18-25(29-30(36)26(47-4)19-27(48-5)31(29)37)34(46)43(33(23)40-35)16-13-41-11-14-42(15-12-41)28(45)7-2/h6-10,18-20H,1-2,11-17H2,3-5H3,(H,38,39,40). The number of ether oxygens (including phenoxy) is 2. The van der Waals surface area contributed by atoms with Gasteiger partial charge >= 0.3 is 0 Å². The maximum atomic E-state index is 14.4. The minimum Gasteiger partial charge on any atom is -0.495 e. The molecule has 11 nitrogen and oxygen atoms in total. The summed E-state index contributed by atoms with van der Waals surface area (Å²) in [6, 6.07) is 8.88. The highest BCUT2D eigenvalue weighted by Crippen LogP contribution is 2.45. The van der Waals surface area contributed by atoms with Crippen molar-refractivity contribution in [3.05, 3.63) is 93.4 Å². The number of allylic oxidation sites excluding steroid dienone is 1. The Labute approximate surface area is 288 Å². The zero-order chi connectivity index (χ0) is 34.5. The number of ketones is 1. The second-order valence-corrected chi connectivity index (χ2v) is 12.0. The summed E-state index contributed by atoms with van der Waals surface area (Å²) in [4.78, 5) is 52.1. The SMILES string of the molecule is C=CC(=O)Cc1cccc(C)c1Nc1ncc2cc(-c3c(Cl)c(OC)cc(OC)c3Cl)c(=O)n(CCN3CCN(C(=O)C=C)CC3)c2n1. The lowest BCUT2D eigenvalue weighted by Gasteiger charge is -2.34. The number of piperazine rings is 1. The number of hydrogen-bond donors (Lipinski definition) is 1. The van der Waals surface area contributed by atoms with Gasteiger partial charge in [0.05, 0.1) is 29.8 Å². The molecule has 0 atom stereocenters. The van der Waals surface area contributed by atoms with Crippen LogP contribution in [-0.2, 0) is 22.6 Å². The number of nitrogens with one attached hydrogen (secondary N) is 1. The van der Waals surface area contributed by atoms with Crippen LogP contribution in [0, 0.1) is 6.92 Å². The van der Waals surface area contributed by atoms with E-state index in [4.69, 9.17) is 37.7 Å². The number of carbonyl (C=O) groups is 2. The van der Waals surface area contributed by atoms with Gasteiger partial charge < -0.3 is 19.7 Å². The van der Waals surface area contributed by atoms with Crippen LogP contribution in [0.4, 0.5) is 11.6 Å². The zero-order valence-corrected chi connectivity index (χ0v) is 28.5. The molecule has 13 heteroatoms. The van der Waals surface area contributed by atoms with Gasteiger partial charge in [-0.05, 0) is 36.3 Å². The lowest BCUT2D eigenvalue weighted by Crippen LogP contribution is -2.49. The number of hydrogen-bond acceptors (Lipinski definition) is 9. The first-order valence-electron chi connectivity index (χ1n) is 15.3. The van der Waals surface area contributed by atoms with Crippen molar-refractivity contribution in [2.45, 2.75) is 19.9 Å². The van der Waals surface area contributed by atoms with Gasteiger partial charge in [0.15, 0.2) is 5.78 Å². The van der Waals surface area contributed by atoms with E-state index in [1.165, 1.54) is 26.4 Å². The van der Waals surface area contributed by atoms with Crippen molar-refractivity contribution >= 4 is 57.6 Å². The third kappa shape index (κ3) is 7.08. The quantitative estimate of drug-likeness (QED) is 0.193. The van der Waals surface area contributed by atoms with E-state index in [1.54, 1.807) is 27.8 Å². The van der Waals surface area contributed by atoms with E-state index in [1.807, 2.05) is 25.1 Å². The maximum Gasteiger partial charge on any atom is 0.260 e. The van der Waals surface area contributed by atoms with Crippen molar-refractivity contribution in [2.24, 2.45) is 0 Å². The average molecular weight is 692 g/mol. The maximum absolute atomic E-state index is 14.4. The van der Waals surface area contributed by atoms with E-state index < -0.39 is 0 Å². The number of methoxy groups -OCH3 is 2. The van der Waals surface area contributed by atoms with Gasteiger partial charge in [-0.25, -0.2) is 4.98 Å². The Kier molecular flexibility index (Phi) is 10.8. The lowest BCUT2D eigenvalue weighted by atomic mass is 10.0. The van der Waals surface area contributed by atoms with Gasteiger partial charge in [-0.15, -0.1) is 0 Å². The van der Waals surface area contributed by atoms with E-state index >= 15 is 0 Å². The summed E-state index contributed by atoms with van der Waals surface area (Å²) in [7, 11) is 2.93. The van der Waals surface area contributed by atoms with Gasteiger partial charge in [-0.3, -0.25) is 23.9 Å². The number of rotatable bonds is 12. The molecule has 0 radical (unpaired) electrons. The molecule has 48 heavy (non-hydrogen) atoms. The summed E-state index contributed by atoms with van der Waals surface area (Å²) in [6.07, 6.45) is 4.39. The predicted octanol–water partition coefficient (Wildman–Crippen LogP) is 5.46. The van der Waals surface area contributed by atoms with E-state index in [9.17, 15) is 14.4 Å². The Morgan fingerprint density at radius 3 is 2.31 bits per heavy atom. The molecule has 250 valence electrons. The summed E-state index contributed by atoms with van der Waals surface area (Å²) in [5.41, 5.74) is 2.87. The van der Waals surface area contributed by atoms with Crippen LogP contribution < -0.4 is 20.3 Å². The van der Waals surface area contributed by atoms with Gasteiger partial charge in [0.1, 0.15) is 17.1 Å². The molecule has 1 saturated heterocycles. The number of fused-ring (bicyclic) bond motifs is 1. The number of nitrogens with zero attached hydrogens (tertiary/aromatic N) is 5. The van der Waals surface area contributed by atoms with Crippen molar-refractivity contribution in [1.82, 2.24) is 24.3 Å². The Morgan fingerprint density at radius 2 is 1.69 bits per heavy atom.